The molecular weight excluding hydrogens is 364 g/mol. The molecular formula is C24H24N2O3. The van der Waals surface area contributed by atoms with E-state index in [9.17, 15) is 9.59 Å². The van der Waals surface area contributed by atoms with Gasteiger partial charge in [0.1, 0.15) is 12.6 Å². The highest BCUT2D eigenvalue weighted by Crippen LogP contribution is 2.17. The third-order valence-corrected chi connectivity index (χ3v) is 4.53. The summed E-state index contributed by atoms with van der Waals surface area (Å²) < 4.78 is 5.29. The SMILES string of the molecule is CC(NC(=O)C(NC(=O)OCc1ccccc1)c1ccccc1)c1ccccc1. The summed E-state index contributed by atoms with van der Waals surface area (Å²) in [6, 6.07) is 27.1. The second-order valence-corrected chi connectivity index (χ2v) is 6.69. The van der Waals surface area contributed by atoms with Crippen LogP contribution in [0.15, 0.2) is 91.0 Å². The first-order valence-corrected chi connectivity index (χ1v) is 9.51. The van der Waals surface area contributed by atoms with Crippen molar-refractivity contribution in [3.05, 3.63) is 108 Å². The van der Waals surface area contributed by atoms with E-state index >= 15 is 0 Å². The fraction of sp³-hybridized carbons (Fsp3) is 0.167. The van der Waals surface area contributed by atoms with Gasteiger partial charge in [0.15, 0.2) is 0 Å². The summed E-state index contributed by atoms with van der Waals surface area (Å²) in [4.78, 5) is 25.3. The van der Waals surface area contributed by atoms with Gasteiger partial charge in [-0.25, -0.2) is 4.79 Å². The second-order valence-electron chi connectivity index (χ2n) is 6.69. The zero-order chi connectivity index (χ0) is 20.5. The van der Waals surface area contributed by atoms with Gasteiger partial charge in [0.2, 0.25) is 5.91 Å². The van der Waals surface area contributed by atoms with Gasteiger partial charge < -0.3 is 15.4 Å². The number of hydrogen-bond donors (Lipinski definition) is 2. The largest absolute Gasteiger partial charge is 0.445 e. The molecule has 0 aliphatic carbocycles. The Labute approximate surface area is 170 Å². The van der Waals surface area contributed by atoms with Gasteiger partial charge in [-0.15, -0.1) is 0 Å². The maximum Gasteiger partial charge on any atom is 0.408 e. The molecule has 0 aromatic heterocycles. The van der Waals surface area contributed by atoms with Crippen LogP contribution in [0.25, 0.3) is 0 Å². The van der Waals surface area contributed by atoms with Crippen molar-refractivity contribution >= 4 is 12.0 Å². The topological polar surface area (TPSA) is 67.4 Å². The Morgan fingerprint density at radius 2 is 1.28 bits per heavy atom. The molecule has 2 unspecified atom stereocenters. The van der Waals surface area contributed by atoms with Gasteiger partial charge in [-0.3, -0.25) is 4.79 Å². The van der Waals surface area contributed by atoms with Gasteiger partial charge >= 0.3 is 6.09 Å². The van der Waals surface area contributed by atoms with E-state index in [-0.39, 0.29) is 18.6 Å². The minimum Gasteiger partial charge on any atom is -0.445 e. The zero-order valence-electron chi connectivity index (χ0n) is 16.2. The Morgan fingerprint density at radius 3 is 1.86 bits per heavy atom. The van der Waals surface area contributed by atoms with Crippen molar-refractivity contribution in [2.24, 2.45) is 0 Å². The summed E-state index contributed by atoms with van der Waals surface area (Å²) in [6.07, 6.45) is -0.648. The lowest BCUT2D eigenvalue weighted by Crippen LogP contribution is -2.41. The molecule has 0 aliphatic rings. The van der Waals surface area contributed by atoms with Gasteiger partial charge in [0, 0.05) is 0 Å². The number of rotatable bonds is 7. The van der Waals surface area contributed by atoms with Gasteiger partial charge in [0.05, 0.1) is 6.04 Å². The van der Waals surface area contributed by atoms with Crippen LogP contribution in [0, 0.1) is 0 Å². The van der Waals surface area contributed by atoms with Crippen molar-refractivity contribution in [3.8, 4) is 0 Å². The highest BCUT2D eigenvalue weighted by molar-refractivity contribution is 5.87. The van der Waals surface area contributed by atoms with Crippen molar-refractivity contribution in [1.29, 1.82) is 0 Å². The molecule has 0 aliphatic heterocycles. The predicted octanol–water partition coefficient (Wildman–Crippen LogP) is 4.53. The average molecular weight is 388 g/mol. The molecule has 2 amide bonds. The lowest BCUT2D eigenvalue weighted by atomic mass is 10.0. The summed E-state index contributed by atoms with van der Waals surface area (Å²) in [5, 5.41) is 5.65. The molecule has 3 rings (SSSR count). The van der Waals surface area contributed by atoms with Gasteiger partial charge in [-0.2, -0.15) is 0 Å². The highest BCUT2D eigenvalue weighted by atomic mass is 16.5. The molecule has 0 bridgehead atoms. The Hall–Kier alpha value is -3.60. The first-order chi connectivity index (χ1) is 14.1. The molecule has 29 heavy (non-hydrogen) atoms. The van der Waals surface area contributed by atoms with Crippen LogP contribution in [0.2, 0.25) is 0 Å². The lowest BCUT2D eigenvalue weighted by molar-refractivity contribution is -0.123. The van der Waals surface area contributed by atoms with Crippen molar-refractivity contribution in [3.63, 3.8) is 0 Å². The zero-order valence-corrected chi connectivity index (χ0v) is 16.2. The normalized spacial score (nSPS) is 12.4. The second kappa shape index (κ2) is 10.1. The average Bonchev–Trinajstić information content (AvgIpc) is 2.78. The molecule has 2 N–H and O–H groups in total. The lowest BCUT2D eigenvalue weighted by Gasteiger charge is -2.22. The molecule has 2 atom stereocenters. The third kappa shape index (κ3) is 5.94. The van der Waals surface area contributed by atoms with Crippen LogP contribution in [0.1, 0.15) is 35.7 Å². The van der Waals surface area contributed by atoms with Crippen LogP contribution in [-0.2, 0) is 16.1 Å². The number of carbonyl (C=O) groups excluding carboxylic acids is 2. The van der Waals surface area contributed by atoms with Gasteiger partial charge in [-0.05, 0) is 23.6 Å². The van der Waals surface area contributed by atoms with Crippen LogP contribution in [0.4, 0.5) is 4.79 Å². The van der Waals surface area contributed by atoms with Crippen molar-refractivity contribution in [1.82, 2.24) is 10.6 Å². The quantitative estimate of drug-likeness (QED) is 0.625. The summed E-state index contributed by atoms with van der Waals surface area (Å²) in [5.74, 6) is -0.302. The minimum atomic E-state index is -0.856. The van der Waals surface area contributed by atoms with E-state index in [1.807, 2.05) is 85.8 Å². The van der Waals surface area contributed by atoms with Crippen LogP contribution >= 0.6 is 0 Å². The number of benzene rings is 3. The van der Waals surface area contributed by atoms with Crippen molar-refractivity contribution < 1.29 is 14.3 Å². The van der Waals surface area contributed by atoms with E-state index in [2.05, 4.69) is 10.6 Å². The van der Waals surface area contributed by atoms with Crippen LogP contribution < -0.4 is 10.6 Å². The van der Waals surface area contributed by atoms with Crippen molar-refractivity contribution in [2.45, 2.75) is 25.6 Å². The summed E-state index contributed by atoms with van der Waals surface area (Å²) in [5.41, 5.74) is 2.54. The number of amides is 2. The standard InChI is InChI=1S/C24H24N2O3/c1-18(20-13-7-3-8-14-20)25-23(27)22(21-15-9-4-10-16-21)26-24(28)29-17-19-11-5-2-6-12-19/h2-16,18,22H,17H2,1H3,(H,25,27)(H,26,28). The first-order valence-electron chi connectivity index (χ1n) is 9.51. The Bertz CT molecular complexity index is 915. The number of ether oxygens (including phenoxy) is 1. The molecule has 0 fully saturated rings. The van der Waals surface area contributed by atoms with Crippen LogP contribution in [0.3, 0.4) is 0 Å². The van der Waals surface area contributed by atoms with E-state index in [1.165, 1.54) is 0 Å². The molecule has 3 aromatic carbocycles. The Balaban J connectivity index is 1.67. The monoisotopic (exact) mass is 388 g/mol. The van der Waals surface area contributed by atoms with Crippen molar-refractivity contribution in [2.75, 3.05) is 0 Å². The molecule has 0 saturated heterocycles. The molecule has 0 heterocycles. The maximum atomic E-state index is 13.0. The third-order valence-electron chi connectivity index (χ3n) is 4.53. The molecule has 148 valence electrons. The summed E-state index contributed by atoms with van der Waals surface area (Å²) >= 11 is 0. The Kier molecular flexibility index (Phi) is 7.00. The van der Waals surface area contributed by atoms with E-state index < -0.39 is 12.1 Å². The fourth-order valence-electron chi connectivity index (χ4n) is 2.95. The summed E-state index contributed by atoms with van der Waals surface area (Å²) in [6.45, 7) is 2.04. The maximum absolute atomic E-state index is 13.0. The molecule has 5 heteroatoms. The molecule has 3 aromatic rings. The van der Waals surface area contributed by atoms with Crippen LogP contribution in [0.5, 0.6) is 0 Å². The predicted molar refractivity (Wildman–Crippen MR) is 112 cm³/mol. The smallest absolute Gasteiger partial charge is 0.408 e. The first kappa shape index (κ1) is 20.1. The van der Waals surface area contributed by atoms with E-state index in [0.29, 0.717) is 5.56 Å². The molecule has 0 radical (unpaired) electrons. The Morgan fingerprint density at radius 1 is 0.759 bits per heavy atom. The molecule has 0 saturated carbocycles. The van der Waals surface area contributed by atoms with E-state index in [0.717, 1.165) is 11.1 Å². The highest BCUT2D eigenvalue weighted by Gasteiger charge is 2.24. The summed E-state index contributed by atoms with van der Waals surface area (Å²) in [7, 11) is 0. The number of alkyl carbamates (subject to hydrolysis) is 1. The van der Waals surface area contributed by atoms with E-state index in [1.54, 1.807) is 12.1 Å². The fourth-order valence-corrected chi connectivity index (χ4v) is 2.95. The number of hydrogen-bond acceptors (Lipinski definition) is 3. The molecule has 5 nitrogen and oxygen atoms in total. The molecule has 0 spiro atoms. The van der Waals surface area contributed by atoms with Gasteiger partial charge in [-0.1, -0.05) is 91.0 Å². The number of nitrogens with one attached hydrogen (secondary N) is 2. The van der Waals surface area contributed by atoms with E-state index in [4.69, 9.17) is 4.74 Å². The van der Waals surface area contributed by atoms with Gasteiger partial charge in [0.25, 0.3) is 0 Å². The minimum absolute atomic E-state index is 0.135. The van der Waals surface area contributed by atoms with Crippen LogP contribution in [-0.4, -0.2) is 12.0 Å². The number of carbonyl (C=O) groups is 2.